The quantitative estimate of drug-likeness (QED) is 0.325. The molecule has 0 saturated carbocycles. The van der Waals surface area contributed by atoms with Gasteiger partial charge < -0.3 is 9.88 Å². The fourth-order valence-electron chi connectivity index (χ4n) is 4.02. The molecule has 0 saturated heterocycles. The van der Waals surface area contributed by atoms with E-state index in [-0.39, 0.29) is 5.57 Å². The number of para-hydroxylation sites is 1. The minimum absolute atomic E-state index is 0.0227. The molecule has 0 bridgehead atoms. The van der Waals surface area contributed by atoms with E-state index in [4.69, 9.17) is 0 Å². The van der Waals surface area contributed by atoms with Crippen molar-refractivity contribution in [2.75, 3.05) is 5.32 Å². The van der Waals surface area contributed by atoms with Crippen LogP contribution in [-0.4, -0.2) is 10.5 Å². The van der Waals surface area contributed by atoms with Gasteiger partial charge in [0.25, 0.3) is 5.91 Å². The number of nitrogens with zero attached hydrogens (tertiary/aromatic N) is 3. The maximum atomic E-state index is 12.8. The van der Waals surface area contributed by atoms with Crippen LogP contribution < -0.4 is 5.32 Å². The summed E-state index contributed by atoms with van der Waals surface area (Å²) in [5, 5.41) is 22.9. The van der Waals surface area contributed by atoms with E-state index in [9.17, 15) is 15.3 Å². The third-order valence-corrected chi connectivity index (χ3v) is 5.44. The summed E-state index contributed by atoms with van der Waals surface area (Å²) < 4.78 is 2.04. The van der Waals surface area contributed by atoms with Crippen LogP contribution in [0.4, 0.5) is 5.69 Å². The molecule has 0 unspecified atom stereocenters. The van der Waals surface area contributed by atoms with Crippen LogP contribution in [0.25, 0.3) is 17.0 Å². The number of aromatic nitrogens is 1. The van der Waals surface area contributed by atoms with Crippen molar-refractivity contribution in [2.45, 2.75) is 20.4 Å². The second-order valence-corrected chi connectivity index (χ2v) is 8.00. The van der Waals surface area contributed by atoms with Gasteiger partial charge in [-0.1, -0.05) is 42.5 Å². The number of hydrogen-bond donors (Lipinski definition) is 1. The van der Waals surface area contributed by atoms with E-state index in [1.165, 1.54) is 0 Å². The SMILES string of the molecule is Cc1cc(C)cc(NC(=O)/C(C#N)=C/c2cn(Cc3ccccc3C#N)c3ccccc23)c1. The second-order valence-electron chi connectivity index (χ2n) is 8.00. The molecule has 4 aromatic rings. The molecule has 0 radical (unpaired) electrons. The van der Waals surface area contributed by atoms with Crippen LogP contribution in [0.2, 0.25) is 0 Å². The molecule has 5 nitrogen and oxygen atoms in total. The summed E-state index contributed by atoms with van der Waals surface area (Å²) in [6.07, 6.45) is 3.53. The van der Waals surface area contributed by atoms with Gasteiger partial charge in [-0.25, -0.2) is 0 Å². The minimum atomic E-state index is -0.450. The molecule has 33 heavy (non-hydrogen) atoms. The topological polar surface area (TPSA) is 81.6 Å². The van der Waals surface area contributed by atoms with E-state index in [0.29, 0.717) is 17.8 Å². The number of fused-ring (bicyclic) bond motifs is 1. The van der Waals surface area contributed by atoms with Crippen LogP contribution in [0.1, 0.15) is 27.8 Å². The van der Waals surface area contributed by atoms with Gasteiger partial charge in [0, 0.05) is 34.9 Å². The molecule has 1 N–H and O–H groups in total. The Hall–Kier alpha value is -4.61. The maximum absolute atomic E-state index is 12.8. The van der Waals surface area contributed by atoms with Crippen LogP contribution >= 0.6 is 0 Å². The van der Waals surface area contributed by atoms with Crippen molar-refractivity contribution in [1.82, 2.24) is 4.57 Å². The van der Waals surface area contributed by atoms with E-state index in [0.717, 1.165) is 33.2 Å². The third-order valence-electron chi connectivity index (χ3n) is 5.44. The van der Waals surface area contributed by atoms with Gasteiger partial charge in [-0.3, -0.25) is 4.79 Å². The first-order valence-electron chi connectivity index (χ1n) is 10.6. The van der Waals surface area contributed by atoms with Gasteiger partial charge in [0.2, 0.25) is 0 Å². The molecule has 1 aromatic heterocycles. The summed E-state index contributed by atoms with van der Waals surface area (Å²) >= 11 is 0. The molecule has 1 heterocycles. The van der Waals surface area contributed by atoms with Crippen LogP contribution in [0.3, 0.4) is 0 Å². The number of amides is 1. The summed E-state index contributed by atoms with van der Waals surface area (Å²) in [5.41, 5.74) is 6.02. The van der Waals surface area contributed by atoms with E-state index in [1.807, 2.05) is 91.3 Å². The Labute approximate surface area is 192 Å². The number of hydrogen-bond acceptors (Lipinski definition) is 3. The number of rotatable bonds is 5. The molecule has 0 atom stereocenters. The lowest BCUT2D eigenvalue weighted by Gasteiger charge is -2.07. The summed E-state index contributed by atoms with van der Waals surface area (Å²) in [6.45, 7) is 4.43. The summed E-state index contributed by atoms with van der Waals surface area (Å²) in [7, 11) is 0. The molecular weight excluding hydrogens is 408 g/mol. The van der Waals surface area contributed by atoms with Gasteiger partial charge in [-0.15, -0.1) is 0 Å². The van der Waals surface area contributed by atoms with Crippen LogP contribution in [0.5, 0.6) is 0 Å². The molecule has 0 aliphatic rings. The Bertz CT molecular complexity index is 1460. The predicted molar refractivity (Wildman–Crippen MR) is 130 cm³/mol. The van der Waals surface area contributed by atoms with E-state index in [2.05, 4.69) is 11.4 Å². The molecule has 0 fully saturated rings. The van der Waals surface area contributed by atoms with Gasteiger partial charge in [-0.2, -0.15) is 10.5 Å². The number of nitriles is 2. The Balaban J connectivity index is 1.70. The first-order chi connectivity index (χ1) is 16.0. The Kier molecular flexibility index (Phi) is 6.06. The molecule has 5 heteroatoms. The Morgan fingerprint density at radius 2 is 1.70 bits per heavy atom. The van der Waals surface area contributed by atoms with E-state index < -0.39 is 5.91 Å². The van der Waals surface area contributed by atoms with Crippen LogP contribution in [-0.2, 0) is 11.3 Å². The molecule has 0 spiro atoms. The lowest BCUT2D eigenvalue weighted by Crippen LogP contribution is -2.13. The molecule has 0 aliphatic heterocycles. The van der Waals surface area contributed by atoms with Gasteiger partial charge in [0.15, 0.2) is 0 Å². The average Bonchev–Trinajstić information content (AvgIpc) is 3.14. The summed E-state index contributed by atoms with van der Waals surface area (Å²) in [4.78, 5) is 12.8. The fourth-order valence-corrected chi connectivity index (χ4v) is 4.02. The lowest BCUT2D eigenvalue weighted by molar-refractivity contribution is -0.112. The standard InChI is InChI=1S/C28H22N4O/c1-19-11-20(2)13-25(12-19)31-28(33)23(16-30)14-24-18-32(27-10-6-5-9-26(24)27)17-22-8-4-3-7-21(22)15-29/h3-14,18H,17H2,1-2H3,(H,31,33)/b23-14+. The smallest absolute Gasteiger partial charge is 0.266 e. The van der Waals surface area contributed by atoms with Gasteiger partial charge in [0.05, 0.1) is 11.6 Å². The van der Waals surface area contributed by atoms with Crippen molar-refractivity contribution in [3.8, 4) is 12.1 Å². The van der Waals surface area contributed by atoms with Gasteiger partial charge in [-0.05, 0) is 60.9 Å². The number of carbonyl (C=O) groups excluding carboxylic acids is 1. The van der Waals surface area contributed by atoms with E-state index >= 15 is 0 Å². The number of carbonyl (C=O) groups is 1. The highest BCUT2D eigenvalue weighted by atomic mass is 16.1. The van der Waals surface area contributed by atoms with Crippen molar-refractivity contribution in [3.63, 3.8) is 0 Å². The third kappa shape index (κ3) is 4.69. The second kappa shape index (κ2) is 9.26. The van der Waals surface area contributed by atoms with Crippen LogP contribution in [0, 0.1) is 36.5 Å². The molecule has 0 aliphatic carbocycles. The first kappa shape index (κ1) is 21.6. The average molecular weight is 431 g/mol. The van der Waals surface area contributed by atoms with Crippen molar-refractivity contribution in [3.05, 3.63) is 106 Å². The van der Waals surface area contributed by atoms with E-state index in [1.54, 1.807) is 12.1 Å². The van der Waals surface area contributed by atoms with Crippen LogP contribution in [0.15, 0.2) is 78.5 Å². The summed E-state index contributed by atoms with van der Waals surface area (Å²) in [5.74, 6) is -0.450. The highest BCUT2D eigenvalue weighted by Gasteiger charge is 2.14. The molecule has 160 valence electrons. The van der Waals surface area contributed by atoms with Crippen molar-refractivity contribution >= 4 is 28.6 Å². The Morgan fingerprint density at radius 1 is 1.00 bits per heavy atom. The number of nitrogens with one attached hydrogen (secondary N) is 1. The molecule has 3 aromatic carbocycles. The highest BCUT2D eigenvalue weighted by molar-refractivity contribution is 6.10. The molecule has 4 rings (SSSR count). The van der Waals surface area contributed by atoms with Gasteiger partial charge >= 0.3 is 0 Å². The summed E-state index contributed by atoms with van der Waals surface area (Å²) in [6, 6.07) is 25.4. The number of aryl methyl sites for hydroxylation is 2. The minimum Gasteiger partial charge on any atom is -0.342 e. The monoisotopic (exact) mass is 430 g/mol. The highest BCUT2D eigenvalue weighted by Crippen LogP contribution is 2.25. The fraction of sp³-hybridized carbons (Fsp3) is 0.107. The zero-order valence-electron chi connectivity index (χ0n) is 18.5. The zero-order chi connectivity index (χ0) is 23.4. The molecular formula is C28H22N4O. The lowest BCUT2D eigenvalue weighted by atomic mass is 10.1. The zero-order valence-corrected chi connectivity index (χ0v) is 18.5. The van der Waals surface area contributed by atoms with Crippen molar-refractivity contribution in [1.29, 1.82) is 10.5 Å². The first-order valence-corrected chi connectivity index (χ1v) is 10.6. The van der Waals surface area contributed by atoms with Gasteiger partial charge in [0.1, 0.15) is 11.6 Å². The number of anilines is 1. The Morgan fingerprint density at radius 3 is 2.42 bits per heavy atom. The maximum Gasteiger partial charge on any atom is 0.266 e. The normalized spacial score (nSPS) is 11.1. The largest absolute Gasteiger partial charge is 0.342 e. The van der Waals surface area contributed by atoms with Crippen molar-refractivity contribution < 1.29 is 4.79 Å². The van der Waals surface area contributed by atoms with Crippen molar-refractivity contribution in [2.24, 2.45) is 0 Å². The number of benzene rings is 3. The molecule has 1 amide bonds. The predicted octanol–water partition coefficient (Wildman–Crippen LogP) is 5.72.